The van der Waals surface area contributed by atoms with Gasteiger partial charge < -0.3 is 14.6 Å². The third-order valence-electron chi connectivity index (χ3n) is 10.7. The minimum absolute atomic E-state index is 0.0773. The Morgan fingerprint density at radius 2 is 2.00 bits per heavy atom. The van der Waals surface area contributed by atoms with E-state index in [0.29, 0.717) is 47.7 Å². The summed E-state index contributed by atoms with van der Waals surface area (Å²) in [6.07, 6.45) is 10.7. The van der Waals surface area contributed by atoms with E-state index in [9.17, 15) is 9.90 Å². The molecule has 1 N–H and O–H groups in total. The smallest absolute Gasteiger partial charge is 0.305 e. The molecule has 0 aromatic heterocycles. The van der Waals surface area contributed by atoms with E-state index in [-0.39, 0.29) is 17.5 Å². The number of aliphatic hydroxyl groups is 1. The van der Waals surface area contributed by atoms with Gasteiger partial charge in [0.15, 0.2) is 0 Å². The van der Waals surface area contributed by atoms with E-state index < -0.39 is 0 Å². The maximum atomic E-state index is 11.7. The highest BCUT2D eigenvalue weighted by molar-refractivity contribution is 5.69. The fourth-order valence-electron chi connectivity index (χ4n) is 9.21. The zero-order valence-corrected chi connectivity index (χ0v) is 18.7. The molecule has 0 aromatic carbocycles. The van der Waals surface area contributed by atoms with Crippen LogP contribution in [0.15, 0.2) is 0 Å². The maximum absolute atomic E-state index is 11.7. The average Bonchev–Trinajstić information content (AvgIpc) is 3.42. The van der Waals surface area contributed by atoms with Crippen LogP contribution in [0.1, 0.15) is 78.6 Å². The molecule has 0 radical (unpaired) electrons. The van der Waals surface area contributed by atoms with Gasteiger partial charge in [0.2, 0.25) is 0 Å². The first kappa shape index (κ1) is 20.3. The number of rotatable bonds is 4. The first-order valence-corrected chi connectivity index (χ1v) is 12.2. The van der Waals surface area contributed by atoms with Crippen LogP contribution in [0, 0.1) is 46.3 Å². The Bertz CT molecular complexity index is 663. The van der Waals surface area contributed by atoms with Crippen molar-refractivity contribution >= 4 is 5.97 Å². The minimum atomic E-state index is -0.0825. The summed E-state index contributed by atoms with van der Waals surface area (Å²) in [7, 11) is 1.49. The van der Waals surface area contributed by atoms with Crippen molar-refractivity contribution in [1.82, 2.24) is 0 Å². The second-order valence-electron chi connectivity index (χ2n) is 11.7. The van der Waals surface area contributed by atoms with E-state index in [2.05, 4.69) is 20.8 Å². The highest BCUT2D eigenvalue weighted by Gasteiger charge is 2.73. The van der Waals surface area contributed by atoms with Gasteiger partial charge in [-0.25, -0.2) is 0 Å². The van der Waals surface area contributed by atoms with Crippen LogP contribution in [0.3, 0.4) is 0 Å². The molecule has 164 valence electrons. The maximum Gasteiger partial charge on any atom is 0.305 e. The van der Waals surface area contributed by atoms with Crippen LogP contribution in [0.4, 0.5) is 0 Å². The van der Waals surface area contributed by atoms with Crippen molar-refractivity contribution in [2.75, 3.05) is 7.11 Å². The van der Waals surface area contributed by atoms with E-state index in [1.165, 1.54) is 39.2 Å². The molecule has 0 bridgehead atoms. The third kappa shape index (κ3) is 2.87. The van der Waals surface area contributed by atoms with Crippen LogP contribution in [0.5, 0.6) is 0 Å². The Balaban J connectivity index is 1.37. The fraction of sp³-hybridized carbons (Fsp3) is 0.960. The van der Waals surface area contributed by atoms with Crippen molar-refractivity contribution in [1.29, 1.82) is 0 Å². The Morgan fingerprint density at radius 3 is 2.76 bits per heavy atom. The molecule has 4 aliphatic carbocycles. The Kier molecular flexibility index (Phi) is 4.87. The molecular weight excluding hydrogens is 364 g/mol. The van der Waals surface area contributed by atoms with Gasteiger partial charge in [-0.15, -0.1) is 0 Å². The normalized spacial score (nSPS) is 53.8. The summed E-state index contributed by atoms with van der Waals surface area (Å²) in [5.74, 6) is 4.06. The standard InChI is InChI=1S/C25H40O4/c1-14(5-10-20(27)28-4)18-8-9-19-17-7-6-15-13-16(26)11-12-24(15,2)21(17)22-23(29-22)25(18,19)3/h14-19,21-23,26H,5-13H2,1-4H3/t14-,15+,16+,17-,18+,19-,21+,22-,23-,24+,25+/m1/s1. The summed E-state index contributed by atoms with van der Waals surface area (Å²) in [6.45, 7) is 7.42. The van der Waals surface area contributed by atoms with Gasteiger partial charge in [0, 0.05) is 11.8 Å². The largest absolute Gasteiger partial charge is 0.469 e. The minimum Gasteiger partial charge on any atom is -0.469 e. The Labute approximate surface area is 176 Å². The van der Waals surface area contributed by atoms with Gasteiger partial charge in [0.1, 0.15) is 0 Å². The van der Waals surface area contributed by atoms with Crippen LogP contribution < -0.4 is 0 Å². The van der Waals surface area contributed by atoms with Gasteiger partial charge in [0.25, 0.3) is 0 Å². The number of epoxide rings is 1. The molecule has 1 aliphatic heterocycles. The van der Waals surface area contributed by atoms with Gasteiger partial charge >= 0.3 is 5.97 Å². The Hall–Kier alpha value is -0.610. The highest BCUT2D eigenvalue weighted by atomic mass is 16.6. The quantitative estimate of drug-likeness (QED) is 0.550. The van der Waals surface area contributed by atoms with Gasteiger partial charge in [-0.3, -0.25) is 4.79 Å². The zero-order valence-electron chi connectivity index (χ0n) is 18.7. The monoisotopic (exact) mass is 404 g/mol. The lowest BCUT2D eigenvalue weighted by Crippen LogP contribution is -2.57. The van der Waals surface area contributed by atoms with E-state index in [1.54, 1.807) is 0 Å². The summed E-state index contributed by atoms with van der Waals surface area (Å²) in [4.78, 5) is 11.7. The predicted molar refractivity (Wildman–Crippen MR) is 111 cm³/mol. The number of esters is 1. The van der Waals surface area contributed by atoms with Crippen LogP contribution >= 0.6 is 0 Å². The summed E-state index contributed by atoms with van der Waals surface area (Å²) in [5.41, 5.74) is 0.635. The number of ether oxygens (including phenoxy) is 2. The zero-order chi connectivity index (χ0) is 20.6. The molecule has 0 unspecified atom stereocenters. The van der Waals surface area contributed by atoms with Gasteiger partial charge in [0.05, 0.1) is 25.4 Å². The lowest BCUT2D eigenvalue weighted by molar-refractivity contribution is -0.141. The molecule has 5 aliphatic rings. The number of aliphatic hydroxyl groups excluding tert-OH is 1. The van der Waals surface area contributed by atoms with E-state index in [1.807, 2.05) is 0 Å². The van der Waals surface area contributed by atoms with Crippen molar-refractivity contribution in [3.63, 3.8) is 0 Å². The number of carbonyl (C=O) groups excluding carboxylic acids is 1. The number of fused-ring (bicyclic) bond motifs is 8. The Morgan fingerprint density at radius 1 is 1.21 bits per heavy atom. The van der Waals surface area contributed by atoms with Gasteiger partial charge in [-0.05, 0) is 92.3 Å². The molecule has 5 fully saturated rings. The number of hydrogen-bond donors (Lipinski definition) is 1. The summed E-state index contributed by atoms with van der Waals surface area (Å²) in [6, 6.07) is 0. The number of methoxy groups -OCH3 is 1. The van der Waals surface area contributed by atoms with Gasteiger partial charge in [-0.1, -0.05) is 20.8 Å². The molecule has 5 rings (SSSR count). The second-order valence-corrected chi connectivity index (χ2v) is 11.7. The SMILES string of the molecule is COC(=O)CC[C@@H](C)[C@@H]1CC[C@@H]2[C@H]3CC[C@H]4C[C@@H](O)CC[C@]4(C)[C@@H]3[C@H]3O[C@H]3[C@]21C. The van der Waals surface area contributed by atoms with E-state index >= 15 is 0 Å². The summed E-state index contributed by atoms with van der Waals surface area (Å²) in [5, 5.41) is 10.3. The molecule has 29 heavy (non-hydrogen) atoms. The van der Waals surface area contributed by atoms with E-state index in [0.717, 1.165) is 31.1 Å². The molecule has 0 spiro atoms. The molecule has 11 atom stereocenters. The lowest BCUT2D eigenvalue weighted by Gasteiger charge is -2.59. The predicted octanol–water partition coefficient (Wildman–Crippen LogP) is 4.58. The van der Waals surface area contributed by atoms with Crippen molar-refractivity contribution in [2.45, 2.75) is 96.9 Å². The molecule has 1 saturated heterocycles. The van der Waals surface area contributed by atoms with E-state index in [4.69, 9.17) is 9.47 Å². The molecular formula is C25H40O4. The van der Waals surface area contributed by atoms with Crippen LogP contribution in [0.2, 0.25) is 0 Å². The summed E-state index contributed by atoms with van der Waals surface area (Å²) >= 11 is 0. The van der Waals surface area contributed by atoms with Gasteiger partial charge in [-0.2, -0.15) is 0 Å². The van der Waals surface area contributed by atoms with Crippen molar-refractivity contribution in [3.05, 3.63) is 0 Å². The summed E-state index contributed by atoms with van der Waals surface area (Å²) < 4.78 is 11.5. The highest BCUT2D eigenvalue weighted by Crippen LogP contribution is 2.73. The molecule has 1 heterocycles. The number of hydrogen-bond acceptors (Lipinski definition) is 4. The lowest BCUT2D eigenvalue weighted by atomic mass is 9.44. The first-order valence-electron chi connectivity index (χ1n) is 12.2. The molecule has 4 heteroatoms. The van der Waals surface area contributed by atoms with Crippen LogP contribution in [-0.2, 0) is 14.3 Å². The topological polar surface area (TPSA) is 59.1 Å². The fourth-order valence-corrected chi connectivity index (χ4v) is 9.21. The molecule has 0 amide bonds. The number of carbonyl (C=O) groups is 1. The molecule has 4 saturated carbocycles. The van der Waals surface area contributed by atoms with Crippen LogP contribution in [-0.4, -0.2) is 36.5 Å². The average molecular weight is 405 g/mol. The van der Waals surface area contributed by atoms with Crippen LogP contribution in [0.25, 0.3) is 0 Å². The van der Waals surface area contributed by atoms with Crippen molar-refractivity contribution < 1.29 is 19.4 Å². The molecule has 4 nitrogen and oxygen atoms in total. The first-order chi connectivity index (χ1) is 13.8. The van der Waals surface area contributed by atoms with Crippen molar-refractivity contribution in [2.24, 2.45) is 46.3 Å². The van der Waals surface area contributed by atoms with Crippen molar-refractivity contribution in [3.8, 4) is 0 Å². The second kappa shape index (κ2) is 6.95. The molecule has 0 aromatic rings. The third-order valence-corrected chi connectivity index (χ3v) is 10.7.